The highest BCUT2D eigenvalue weighted by molar-refractivity contribution is 5.93. The van der Waals surface area contributed by atoms with Crippen molar-refractivity contribution in [3.05, 3.63) is 71.0 Å². The molecule has 1 aliphatic rings. The molecule has 2 aromatic carbocycles. The van der Waals surface area contributed by atoms with Crippen LogP contribution < -0.4 is 5.32 Å². The Labute approximate surface area is 163 Å². The van der Waals surface area contributed by atoms with Crippen LogP contribution in [0, 0.1) is 13.8 Å². The Morgan fingerprint density at radius 1 is 1.00 bits per heavy atom. The molecule has 1 aliphatic carbocycles. The number of nitrogens with one attached hydrogen (secondary N) is 1. The Balaban J connectivity index is 1.57. The van der Waals surface area contributed by atoms with Crippen LogP contribution in [0.5, 0.6) is 0 Å². The molecule has 2 aromatic heterocycles. The smallest absolute Gasteiger partial charge is 0.228 e. The van der Waals surface area contributed by atoms with Crippen molar-refractivity contribution in [2.75, 3.05) is 5.32 Å². The van der Waals surface area contributed by atoms with E-state index in [0.29, 0.717) is 11.4 Å². The van der Waals surface area contributed by atoms with E-state index in [1.807, 2.05) is 6.92 Å². The summed E-state index contributed by atoms with van der Waals surface area (Å²) >= 11 is 0. The molecule has 0 amide bonds. The summed E-state index contributed by atoms with van der Waals surface area (Å²) in [4.78, 5) is 9.26. The van der Waals surface area contributed by atoms with Crippen LogP contribution in [0.3, 0.4) is 0 Å². The van der Waals surface area contributed by atoms with E-state index in [2.05, 4.69) is 75.9 Å². The third kappa shape index (κ3) is 2.93. The second-order valence-electron chi connectivity index (χ2n) is 7.48. The van der Waals surface area contributed by atoms with E-state index in [1.54, 1.807) is 0 Å². The summed E-state index contributed by atoms with van der Waals surface area (Å²) in [7, 11) is 0. The van der Waals surface area contributed by atoms with Crippen LogP contribution >= 0.6 is 0 Å². The van der Waals surface area contributed by atoms with Crippen molar-refractivity contribution < 1.29 is 4.52 Å². The van der Waals surface area contributed by atoms with Crippen LogP contribution in [-0.4, -0.2) is 15.1 Å². The van der Waals surface area contributed by atoms with Crippen molar-refractivity contribution in [1.82, 2.24) is 15.1 Å². The first-order chi connectivity index (χ1) is 13.7. The lowest BCUT2D eigenvalue weighted by Crippen LogP contribution is -2.18. The number of rotatable bonds is 3. The zero-order valence-corrected chi connectivity index (χ0v) is 16.1. The van der Waals surface area contributed by atoms with Gasteiger partial charge in [-0.2, -0.15) is 0 Å². The maximum atomic E-state index is 5.71. The van der Waals surface area contributed by atoms with Gasteiger partial charge < -0.3 is 9.84 Å². The first kappa shape index (κ1) is 16.9. The normalized spacial score (nSPS) is 16.1. The average molecular weight is 370 g/mol. The van der Waals surface area contributed by atoms with Gasteiger partial charge >= 0.3 is 0 Å². The van der Waals surface area contributed by atoms with E-state index >= 15 is 0 Å². The van der Waals surface area contributed by atoms with E-state index in [1.165, 1.54) is 16.7 Å². The number of anilines is 1. The van der Waals surface area contributed by atoms with Crippen molar-refractivity contribution in [2.45, 2.75) is 39.2 Å². The number of aromatic nitrogens is 3. The summed E-state index contributed by atoms with van der Waals surface area (Å²) < 4.78 is 5.71. The Hall–Kier alpha value is -3.21. The summed E-state index contributed by atoms with van der Waals surface area (Å²) in [5.41, 5.74) is 7.08. The Morgan fingerprint density at radius 2 is 1.82 bits per heavy atom. The molecule has 2 heterocycles. The minimum atomic E-state index is 0.218. The zero-order valence-electron chi connectivity index (χ0n) is 16.1. The van der Waals surface area contributed by atoms with Crippen molar-refractivity contribution in [3.8, 4) is 11.3 Å². The van der Waals surface area contributed by atoms with Gasteiger partial charge in [0.15, 0.2) is 5.82 Å². The van der Waals surface area contributed by atoms with Crippen LogP contribution in [0.4, 0.5) is 5.82 Å². The molecule has 5 rings (SSSR count). The van der Waals surface area contributed by atoms with E-state index in [4.69, 9.17) is 4.52 Å². The van der Waals surface area contributed by atoms with Crippen LogP contribution in [0.15, 0.2) is 53.1 Å². The molecule has 0 fully saturated rings. The Bertz CT molecular complexity index is 1150. The molecule has 0 radical (unpaired) electrons. The molecule has 0 unspecified atom stereocenters. The molecule has 0 saturated heterocycles. The van der Waals surface area contributed by atoms with Gasteiger partial charge in [-0.05, 0) is 44.2 Å². The van der Waals surface area contributed by atoms with Gasteiger partial charge in [0, 0.05) is 5.56 Å². The number of nitrogens with zero attached hydrogens (tertiary/aromatic N) is 3. The summed E-state index contributed by atoms with van der Waals surface area (Å²) in [6.45, 7) is 3.98. The summed E-state index contributed by atoms with van der Waals surface area (Å²) in [6.07, 6.45) is 3.36. The molecule has 140 valence electrons. The molecule has 0 aliphatic heterocycles. The number of hydrogen-bond donors (Lipinski definition) is 1. The standard InChI is InChI=1S/C23H22N4O/c1-14-10-12-17(13-11-14)20-21-22(28-27-20)23(25-15(2)24-21)26-19-9-5-7-16-6-3-4-8-18(16)19/h3-4,6,8,10-13,19H,5,7,9H2,1-2H3,(H,24,25,26)/t19-/m1/s1. The Morgan fingerprint density at radius 3 is 2.68 bits per heavy atom. The highest BCUT2D eigenvalue weighted by Crippen LogP contribution is 2.35. The summed E-state index contributed by atoms with van der Waals surface area (Å²) in [5, 5.41) is 7.93. The molecule has 0 saturated carbocycles. The number of aryl methyl sites for hydroxylation is 3. The second-order valence-corrected chi connectivity index (χ2v) is 7.48. The van der Waals surface area contributed by atoms with Gasteiger partial charge in [-0.15, -0.1) is 0 Å². The fraction of sp³-hybridized carbons (Fsp3) is 0.261. The van der Waals surface area contributed by atoms with Crippen LogP contribution in [-0.2, 0) is 6.42 Å². The van der Waals surface area contributed by atoms with Gasteiger partial charge in [-0.3, -0.25) is 0 Å². The lowest BCUT2D eigenvalue weighted by atomic mass is 9.88. The van der Waals surface area contributed by atoms with Crippen molar-refractivity contribution in [3.63, 3.8) is 0 Å². The van der Waals surface area contributed by atoms with Crippen molar-refractivity contribution in [1.29, 1.82) is 0 Å². The quantitative estimate of drug-likeness (QED) is 0.524. The fourth-order valence-electron chi connectivity index (χ4n) is 4.01. The molecule has 5 nitrogen and oxygen atoms in total. The third-order valence-corrected chi connectivity index (χ3v) is 5.44. The molecule has 1 atom stereocenters. The second kappa shape index (κ2) is 6.75. The van der Waals surface area contributed by atoms with Crippen molar-refractivity contribution >= 4 is 16.9 Å². The van der Waals surface area contributed by atoms with Crippen LogP contribution in [0.2, 0.25) is 0 Å². The number of benzene rings is 2. The van der Waals surface area contributed by atoms with Crippen LogP contribution in [0.25, 0.3) is 22.4 Å². The predicted octanol–water partition coefficient (Wildman–Crippen LogP) is 5.39. The largest absolute Gasteiger partial charge is 0.360 e. The highest BCUT2D eigenvalue weighted by Gasteiger charge is 2.23. The van der Waals surface area contributed by atoms with E-state index in [-0.39, 0.29) is 6.04 Å². The maximum Gasteiger partial charge on any atom is 0.228 e. The van der Waals surface area contributed by atoms with Gasteiger partial charge in [0.2, 0.25) is 5.58 Å². The predicted molar refractivity (Wildman–Crippen MR) is 110 cm³/mol. The molecular formula is C23H22N4O. The molecule has 4 aromatic rings. The Kier molecular flexibility index (Phi) is 4.08. The SMILES string of the molecule is Cc1ccc(-c2noc3c(N[C@@H]4CCCc5ccccc54)nc(C)nc23)cc1. The topological polar surface area (TPSA) is 63.8 Å². The molecular weight excluding hydrogens is 348 g/mol. The molecule has 5 heteroatoms. The van der Waals surface area contributed by atoms with Crippen molar-refractivity contribution in [2.24, 2.45) is 0 Å². The van der Waals surface area contributed by atoms with E-state index in [0.717, 1.165) is 41.9 Å². The number of fused-ring (bicyclic) bond motifs is 2. The first-order valence-electron chi connectivity index (χ1n) is 9.74. The van der Waals surface area contributed by atoms with Gasteiger partial charge in [0.1, 0.15) is 17.0 Å². The third-order valence-electron chi connectivity index (χ3n) is 5.44. The van der Waals surface area contributed by atoms with E-state index < -0.39 is 0 Å². The molecule has 0 bridgehead atoms. The summed E-state index contributed by atoms with van der Waals surface area (Å²) in [6, 6.07) is 17.1. The zero-order chi connectivity index (χ0) is 19.1. The minimum Gasteiger partial charge on any atom is -0.360 e. The van der Waals surface area contributed by atoms with Gasteiger partial charge in [-0.1, -0.05) is 59.3 Å². The lowest BCUT2D eigenvalue weighted by Gasteiger charge is -2.26. The monoisotopic (exact) mass is 370 g/mol. The molecule has 0 spiro atoms. The number of hydrogen-bond acceptors (Lipinski definition) is 5. The van der Waals surface area contributed by atoms with Gasteiger partial charge in [0.05, 0.1) is 6.04 Å². The average Bonchev–Trinajstić information content (AvgIpc) is 3.13. The first-order valence-corrected chi connectivity index (χ1v) is 9.74. The van der Waals surface area contributed by atoms with E-state index in [9.17, 15) is 0 Å². The maximum absolute atomic E-state index is 5.71. The lowest BCUT2D eigenvalue weighted by molar-refractivity contribution is 0.458. The molecule has 28 heavy (non-hydrogen) atoms. The van der Waals surface area contributed by atoms with Gasteiger partial charge in [-0.25, -0.2) is 9.97 Å². The summed E-state index contributed by atoms with van der Waals surface area (Å²) in [5.74, 6) is 1.42. The fourth-order valence-corrected chi connectivity index (χ4v) is 4.01. The highest BCUT2D eigenvalue weighted by atomic mass is 16.5. The minimum absolute atomic E-state index is 0.218. The molecule has 1 N–H and O–H groups in total. The van der Waals surface area contributed by atoms with Gasteiger partial charge in [0.25, 0.3) is 0 Å². The van der Waals surface area contributed by atoms with Crippen LogP contribution in [0.1, 0.15) is 41.4 Å².